The van der Waals surface area contributed by atoms with Gasteiger partial charge in [0.1, 0.15) is 6.07 Å². The van der Waals surface area contributed by atoms with Crippen molar-refractivity contribution in [2.24, 2.45) is 4.99 Å². The minimum absolute atomic E-state index is 0.0481. The van der Waals surface area contributed by atoms with Crippen LogP contribution in [0.4, 0.5) is 5.00 Å². The highest BCUT2D eigenvalue weighted by molar-refractivity contribution is 7.25. The van der Waals surface area contributed by atoms with Crippen molar-refractivity contribution in [1.82, 2.24) is 0 Å². The van der Waals surface area contributed by atoms with E-state index in [1.807, 2.05) is 46.9 Å². The van der Waals surface area contributed by atoms with E-state index in [1.54, 1.807) is 45.5 Å². The number of rotatable bonds is 4. The Balaban J connectivity index is 1.28. The second kappa shape index (κ2) is 11.3. The lowest BCUT2D eigenvalue weighted by Gasteiger charge is -2.37. The summed E-state index contributed by atoms with van der Waals surface area (Å²) in [5.41, 5.74) is 6.57. The van der Waals surface area contributed by atoms with Crippen LogP contribution in [0.25, 0.3) is 46.4 Å². The lowest BCUT2D eigenvalue weighted by molar-refractivity contribution is 0.373. The molecule has 224 valence electrons. The van der Waals surface area contributed by atoms with Crippen LogP contribution < -0.4 is 0 Å². The van der Waals surface area contributed by atoms with Gasteiger partial charge in [0.15, 0.2) is 0 Å². The molecule has 4 aliphatic rings. The number of nitrogens with zero attached hydrogens (tertiary/aromatic N) is 5. The van der Waals surface area contributed by atoms with Gasteiger partial charge in [0, 0.05) is 45.0 Å². The Bertz CT molecular complexity index is 1990. The van der Waals surface area contributed by atoms with Crippen LogP contribution in [0.1, 0.15) is 90.0 Å². The van der Waals surface area contributed by atoms with Crippen LogP contribution in [0.3, 0.4) is 0 Å². The predicted molar refractivity (Wildman–Crippen MR) is 191 cm³/mol. The van der Waals surface area contributed by atoms with Crippen molar-refractivity contribution in [3.63, 3.8) is 0 Å². The highest BCUT2D eigenvalue weighted by Gasteiger charge is 2.58. The van der Waals surface area contributed by atoms with Crippen LogP contribution in [0.2, 0.25) is 0 Å². The molecular formula is C37H27N5S4. The molecule has 9 heteroatoms. The zero-order valence-electron chi connectivity index (χ0n) is 25.0. The van der Waals surface area contributed by atoms with E-state index in [2.05, 4.69) is 38.9 Å². The number of hydrogen-bond donors (Lipinski definition) is 0. The second-order valence-electron chi connectivity index (χ2n) is 12.5. The maximum Gasteiger partial charge on any atom is 0.350 e. The molecule has 4 heterocycles. The van der Waals surface area contributed by atoms with Crippen LogP contribution >= 0.6 is 45.3 Å². The molecule has 0 amide bonds. The van der Waals surface area contributed by atoms with Gasteiger partial charge in [0.05, 0.1) is 12.6 Å². The van der Waals surface area contributed by atoms with E-state index < -0.39 is 0 Å². The first-order valence-corrected chi connectivity index (χ1v) is 18.9. The second-order valence-corrected chi connectivity index (χ2v) is 16.8. The number of hydrogen-bond acceptors (Lipinski definition) is 7. The normalized spacial score (nSPS) is 19.3. The standard InChI is InChI=1S/C37H27N5S4/c1-40-22(20-38)17-23-9-10-26(43-23)28-18-24-34(45-28)32-33(36(24)13-5-3-6-14-36)35-25(37(32)15-7-4-8-16-37)19-29(46-35)27-11-12-31(44-27)42-30(21-39)41-2/h9-12,17-19H,3-8,13-16H2/b22-17+,42-30?. The third kappa shape index (κ3) is 4.35. The van der Waals surface area contributed by atoms with Gasteiger partial charge in [0.25, 0.3) is 5.70 Å². The van der Waals surface area contributed by atoms with Gasteiger partial charge < -0.3 is 4.85 Å². The minimum atomic E-state index is -0.126. The van der Waals surface area contributed by atoms with E-state index in [0.717, 1.165) is 9.75 Å². The van der Waals surface area contributed by atoms with Gasteiger partial charge in [-0.2, -0.15) is 0 Å². The Morgan fingerprint density at radius 2 is 1.26 bits per heavy atom. The summed E-state index contributed by atoms with van der Waals surface area (Å²) in [7, 11) is 0. The Morgan fingerprint density at radius 1 is 0.696 bits per heavy atom. The van der Waals surface area contributed by atoms with Crippen molar-refractivity contribution in [3.8, 4) is 31.6 Å². The fourth-order valence-electron chi connectivity index (χ4n) is 8.35. The summed E-state index contributed by atoms with van der Waals surface area (Å²) in [4.78, 5) is 19.8. The summed E-state index contributed by atoms with van der Waals surface area (Å²) in [5, 5.41) is 19.2. The molecule has 2 spiro atoms. The van der Waals surface area contributed by atoms with Crippen LogP contribution in [-0.2, 0) is 10.8 Å². The van der Waals surface area contributed by atoms with Gasteiger partial charge >= 0.3 is 5.84 Å². The molecule has 0 saturated heterocycles. The van der Waals surface area contributed by atoms with E-state index in [-0.39, 0.29) is 22.4 Å². The highest BCUT2D eigenvalue weighted by atomic mass is 32.1. The maximum absolute atomic E-state index is 9.27. The average Bonchev–Trinajstić information content (AvgIpc) is 3.93. The first kappa shape index (κ1) is 29.3. The van der Waals surface area contributed by atoms with Crippen LogP contribution in [-0.4, -0.2) is 5.84 Å². The molecule has 4 aliphatic carbocycles. The summed E-state index contributed by atoms with van der Waals surface area (Å²) in [6.45, 7) is 14.5. The number of amidine groups is 1. The lowest BCUT2D eigenvalue weighted by atomic mass is 9.67. The Kier molecular flexibility index (Phi) is 7.21. The molecular weight excluding hydrogens is 643 g/mol. The van der Waals surface area contributed by atoms with Gasteiger partial charge in [0.2, 0.25) is 5.00 Å². The maximum atomic E-state index is 9.27. The molecule has 0 bridgehead atoms. The van der Waals surface area contributed by atoms with Gasteiger partial charge in [-0.3, -0.25) is 0 Å². The predicted octanol–water partition coefficient (Wildman–Crippen LogP) is 11.9. The summed E-state index contributed by atoms with van der Waals surface area (Å²) < 4.78 is 0. The molecule has 2 fully saturated rings. The summed E-state index contributed by atoms with van der Waals surface area (Å²) in [6.07, 6.45) is 14.0. The largest absolute Gasteiger partial charge is 0.351 e. The van der Waals surface area contributed by atoms with E-state index in [9.17, 15) is 10.5 Å². The molecule has 5 nitrogen and oxygen atoms in total. The van der Waals surface area contributed by atoms with Crippen molar-refractivity contribution in [2.75, 3.05) is 0 Å². The molecule has 4 aromatic rings. The Labute approximate surface area is 284 Å². The zero-order valence-corrected chi connectivity index (χ0v) is 28.2. The molecule has 0 aromatic carbocycles. The smallest absolute Gasteiger partial charge is 0.350 e. The van der Waals surface area contributed by atoms with Crippen LogP contribution in [0, 0.1) is 35.8 Å². The number of nitriles is 2. The third-order valence-electron chi connectivity index (χ3n) is 10.2. The number of thiophene rings is 4. The Hall–Kier alpha value is -4.09. The molecule has 0 N–H and O–H groups in total. The fourth-order valence-corrected chi connectivity index (χ4v) is 13.2. The van der Waals surface area contributed by atoms with E-state index in [0.29, 0.717) is 5.00 Å². The molecule has 8 rings (SSSR count). The third-order valence-corrected chi connectivity index (χ3v) is 14.9. The number of allylic oxidation sites excluding steroid dienone is 3. The highest BCUT2D eigenvalue weighted by Crippen LogP contribution is 2.72. The summed E-state index contributed by atoms with van der Waals surface area (Å²) in [5.74, 6) is -0.126. The first-order valence-electron chi connectivity index (χ1n) is 15.6. The zero-order chi connectivity index (χ0) is 31.5. The lowest BCUT2D eigenvalue weighted by Crippen LogP contribution is -2.28. The van der Waals surface area contributed by atoms with E-state index in [1.165, 1.54) is 94.2 Å². The van der Waals surface area contributed by atoms with Crippen LogP contribution in [0.15, 0.2) is 47.1 Å². The molecule has 0 unspecified atom stereocenters. The van der Waals surface area contributed by atoms with Crippen molar-refractivity contribution >= 4 is 73.4 Å². The van der Waals surface area contributed by atoms with Crippen molar-refractivity contribution in [3.05, 3.63) is 90.7 Å². The quantitative estimate of drug-likeness (QED) is 0.0939. The minimum Gasteiger partial charge on any atom is -0.351 e. The number of fused-ring (bicyclic) bond motifs is 8. The van der Waals surface area contributed by atoms with Gasteiger partial charge in [-0.05, 0) is 90.4 Å². The van der Waals surface area contributed by atoms with Gasteiger partial charge in [-0.15, -0.1) is 34.0 Å². The van der Waals surface area contributed by atoms with Crippen LogP contribution in [0.5, 0.6) is 0 Å². The molecule has 0 radical (unpaired) electrons. The first-order chi connectivity index (χ1) is 22.5. The molecule has 0 aliphatic heterocycles. The molecule has 0 atom stereocenters. The van der Waals surface area contributed by atoms with Gasteiger partial charge in [-0.1, -0.05) is 61.4 Å². The van der Waals surface area contributed by atoms with E-state index >= 15 is 0 Å². The van der Waals surface area contributed by atoms with Crippen molar-refractivity contribution in [2.45, 2.75) is 75.0 Å². The molecule has 4 aromatic heterocycles. The van der Waals surface area contributed by atoms with Crippen molar-refractivity contribution in [1.29, 1.82) is 10.5 Å². The Morgan fingerprint density at radius 3 is 1.78 bits per heavy atom. The molecule has 46 heavy (non-hydrogen) atoms. The molecule has 2 saturated carbocycles. The fraction of sp³-hybridized carbons (Fsp3) is 0.324. The van der Waals surface area contributed by atoms with Gasteiger partial charge in [-0.25, -0.2) is 15.4 Å². The number of aliphatic imine (C=N–C) groups is 1. The van der Waals surface area contributed by atoms with E-state index in [4.69, 9.17) is 13.1 Å². The monoisotopic (exact) mass is 669 g/mol. The SMILES string of the molecule is [C-]#[N+]C(C#N)=Nc1ccc(-c2cc3c(s2)C2=C(c4sc(-c5ccc(/C=C(\C#N)[N+]#[C-])s5)cc4C24CCCCC4)C32CCCCC2)s1. The summed E-state index contributed by atoms with van der Waals surface area (Å²) in [6, 6.07) is 17.1. The topological polar surface area (TPSA) is 68.7 Å². The van der Waals surface area contributed by atoms with Crippen molar-refractivity contribution < 1.29 is 0 Å². The summed E-state index contributed by atoms with van der Waals surface area (Å²) >= 11 is 7.15. The average molecular weight is 670 g/mol.